The Morgan fingerprint density at radius 3 is 2.74 bits per heavy atom. The lowest BCUT2D eigenvalue weighted by Gasteiger charge is -2.33. The van der Waals surface area contributed by atoms with Crippen molar-refractivity contribution in [1.82, 2.24) is 14.9 Å². The molecule has 180 valence electrons. The highest BCUT2D eigenvalue weighted by molar-refractivity contribution is 9.10. The fraction of sp³-hybridized carbons (Fsp3) is 0.435. The van der Waals surface area contributed by atoms with Crippen molar-refractivity contribution in [2.24, 2.45) is 0 Å². The number of halogens is 2. The Hall–Kier alpha value is -3.08. The van der Waals surface area contributed by atoms with Crippen LogP contribution < -0.4 is 5.32 Å². The van der Waals surface area contributed by atoms with Crippen molar-refractivity contribution in [2.45, 2.75) is 63.7 Å². The minimum absolute atomic E-state index is 0.0395. The monoisotopic (exact) mass is 534 g/mol. The van der Waals surface area contributed by atoms with Gasteiger partial charge in [-0.2, -0.15) is 0 Å². The molecule has 1 aliphatic heterocycles. The smallest absolute Gasteiger partial charge is 0.420 e. The zero-order chi connectivity index (χ0) is 24.6. The van der Waals surface area contributed by atoms with Crippen LogP contribution >= 0.6 is 15.9 Å². The number of nitrogens with zero attached hydrogens (tertiary/aromatic N) is 3. The molecule has 3 atom stereocenters. The number of carbonyl (C=O) groups excluding carboxylic acids is 3. The van der Waals surface area contributed by atoms with E-state index in [1.165, 1.54) is 12.3 Å². The maximum Gasteiger partial charge on any atom is 0.420 e. The van der Waals surface area contributed by atoms with Crippen molar-refractivity contribution in [3.8, 4) is 0 Å². The summed E-state index contributed by atoms with van der Waals surface area (Å²) in [6.45, 7) is 5.19. The maximum absolute atomic E-state index is 13.5. The van der Waals surface area contributed by atoms with Crippen LogP contribution in [0.25, 0.3) is 0 Å². The van der Waals surface area contributed by atoms with Crippen LogP contribution in [0.15, 0.2) is 35.2 Å². The Morgan fingerprint density at radius 1 is 1.26 bits per heavy atom. The van der Waals surface area contributed by atoms with Gasteiger partial charge in [-0.3, -0.25) is 9.78 Å². The predicted octanol–water partition coefficient (Wildman–Crippen LogP) is 5.02. The molecule has 11 heteroatoms. The molecule has 0 spiro atoms. The fourth-order valence-electron chi connectivity index (χ4n) is 4.25. The summed E-state index contributed by atoms with van der Waals surface area (Å²) in [6, 6.07) is 3.76. The molecule has 0 aromatic carbocycles. The SMILES string of the molecule is CC(C)(C)OC(=O)N1C(=O)OC2CCC(c3ccncc3NC(=O)c3ccc(F)c(Br)n3)CC21. The molecule has 4 rings (SSSR count). The van der Waals surface area contributed by atoms with E-state index in [0.29, 0.717) is 24.9 Å². The molecule has 2 aliphatic rings. The van der Waals surface area contributed by atoms with Crippen LogP contribution in [0.2, 0.25) is 0 Å². The van der Waals surface area contributed by atoms with Gasteiger partial charge in [-0.05, 0) is 85.6 Å². The summed E-state index contributed by atoms with van der Waals surface area (Å²) < 4.78 is 24.3. The summed E-state index contributed by atoms with van der Waals surface area (Å²) in [5.41, 5.74) is 0.575. The molecule has 3 amide bonds. The van der Waals surface area contributed by atoms with Crippen LogP contribution in [0, 0.1) is 5.82 Å². The highest BCUT2D eigenvalue weighted by Gasteiger charge is 2.50. The van der Waals surface area contributed by atoms with Gasteiger partial charge in [-0.25, -0.2) is 23.9 Å². The summed E-state index contributed by atoms with van der Waals surface area (Å²) in [5.74, 6) is -1.16. The van der Waals surface area contributed by atoms with Gasteiger partial charge in [0.25, 0.3) is 5.91 Å². The summed E-state index contributed by atoms with van der Waals surface area (Å²) in [4.78, 5) is 46.9. The van der Waals surface area contributed by atoms with E-state index in [1.807, 2.05) is 0 Å². The highest BCUT2D eigenvalue weighted by Crippen LogP contribution is 2.42. The minimum Gasteiger partial charge on any atom is -0.443 e. The van der Waals surface area contributed by atoms with Crippen molar-refractivity contribution in [3.63, 3.8) is 0 Å². The first-order valence-corrected chi connectivity index (χ1v) is 11.6. The van der Waals surface area contributed by atoms with Gasteiger partial charge in [-0.15, -0.1) is 0 Å². The van der Waals surface area contributed by atoms with E-state index in [1.54, 1.807) is 33.0 Å². The number of nitrogens with one attached hydrogen (secondary N) is 1. The molecular weight excluding hydrogens is 511 g/mol. The molecule has 1 saturated heterocycles. The van der Waals surface area contributed by atoms with Gasteiger partial charge in [0.2, 0.25) is 0 Å². The maximum atomic E-state index is 13.5. The molecule has 9 nitrogen and oxygen atoms in total. The molecule has 0 bridgehead atoms. The van der Waals surface area contributed by atoms with Crippen molar-refractivity contribution in [3.05, 3.63) is 52.3 Å². The second-order valence-electron chi connectivity index (χ2n) is 9.24. The standard InChI is InChI=1S/C23H24BrFN4O5/c1-23(2,3)34-22(32)29-17-10-12(4-7-18(17)33-21(29)31)13-8-9-26-11-16(13)28-20(30)15-6-5-14(25)19(24)27-15/h5-6,8-9,11-12,17-18H,4,7,10H2,1-3H3,(H,28,30). The number of imide groups is 1. The number of pyridine rings is 2. The lowest BCUT2D eigenvalue weighted by molar-refractivity contribution is 0.0263. The number of amides is 3. The quantitative estimate of drug-likeness (QED) is 0.550. The molecule has 2 fully saturated rings. The largest absolute Gasteiger partial charge is 0.443 e. The summed E-state index contributed by atoms with van der Waals surface area (Å²) in [7, 11) is 0. The van der Waals surface area contributed by atoms with Gasteiger partial charge in [0, 0.05) is 6.20 Å². The third-order valence-corrected chi connectivity index (χ3v) is 6.26. The van der Waals surface area contributed by atoms with Crippen molar-refractivity contribution in [2.75, 3.05) is 5.32 Å². The molecule has 3 heterocycles. The number of ether oxygens (including phenoxy) is 2. The summed E-state index contributed by atoms with van der Waals surface area (Å²) >= 11 is 2.98. The van der Waals surface area contributed by atoms with Crippen LogP contribution in [-0.4, -0.2) is 50.7 Å². The van der Waals surface area contributed by atoms with Crippen molar-refractivity contribution < 1.29 is 28.2 Å². The van der Waals surface area contributed by atoms with Crippen molar-refractivity contribution >= 4 is 39.7 Å². The Labute approximate surface area is 204 Å². The predicted molar refractivity (Wildman–Crippen MR) is 123 cm³/mol. The van der Waals surface area contributed by atoms with E-state index in [4.69, 9.17) is 9.47 Å². The topological polar surface area (TPSA) is 111 Å². The van der Waals surface area contributed by atoms with Crippen LogP contribution in [0.3, 0.4) is 0 Å². The van der Waals surface area contributed by atoms with Crippen LogP contribution in [0.4, 0.5) is 19.7 Å². The Morgan fingerprint density at radius 2 is 2.03 bits per heavy atom. The van der Waals surface area contributed by atoms with Crippen LogP contribution in [0.5, 0.6) is 0 Å². The number of carbonyl (C=O) groups is 3. The minimum atomic E-state index is -0.755. The second kappa shape index (κ2) is 9.28. The third-order valence-electron chi connectivity index (χ3n) is 5.70. The van der Waals surface area contributed by atoms with E-state index in [-0.39, 0.29) is 16.2 Å². The first-order valence-electron chi connectivity index (χ1n) is 10.8. The van der Waals surface area contributed by atoms with E-state index < -0.39 is 41.7 Å². The summed E-state index contributed by atoms with van der Waals surface area (Å²) in [6.07, 6.45) is 2.99. The third kappa shape index (κ3) is 5.03. The average molecular weight is 535 g/mol. The van der Waals surface area contributed by atoms with E-state index >= 15 is 0 Å². The number of fused-ring (bicyclic) bond motifs is 1. The molecule has 34 heavy (non-hydrogen) atoms. The first kappa shape index (κ1) is 24.1. The van der Waals surface area contributed by atoms with Crippen molar-refractivity contribution in [1.29, 1.82) is 0 Å². The zero-order valence-corrected chi connectivity index (χ0v) is 20.5. The van der Waals surface area contributed by atoms with Gasteiger partial charge in [-0.1, -0.05) is 0 Å². The van der Waals surface area contributed by atoms with Gasteiger partial charge in [0.15, 0.2) is 5.82 Å². The first-order chi connectivity index (χ1) is 16.0. The Bertz CT molecular complexity index is 1140. The normalized spacial score (nSPS) is 22.1. The fourth-order valence-corrected chi connectivity index (χ4v) is 4.57. The number of anilines is 1. The molecule has 1 saturated carbocycles. The van der Waals surface area contributed by atoms with Crippen LogP contribution in [0.1, 0.15) is 62.0 Å². The number of hydrogen-bond acceptors (Lipinski definition) is 7. The number of hydrogen-bond donors (Lipinski definition) is 1. The molecule has 2 aromatic heterocycles. The Balaban J connectivity index is 1.54. The average Bonchev–Trinajstić information content (AvgIpc) is 3.09. The number of aromatic nitrogens is 2. The van der Waals surface area contributed by atoms with Gasteiger partial charge >= 0.3 is 12.2 Å². The zero-order valence-electron chi connectivity index (χ0n) is 18.9. The van der Waals surface area contributed by atoms with E-state index in [0.717, 1.165) is 16.5 Å². The molecule has 1 N–H and O–H groups in total. The molecule has 0 radical (unpaired) electrons. The molecule has 2 aromatic rings. The second-order valence-corrected chi connectivity index (χ2v) is 9.99. The van der Waals surface area contributed by atoms with Gasteiger partial charge in [0.1, 0.15) is 22.0 Å². The van der Waals surface area contributed by atoms with Gasteiger partial charge < -0.3 is 14.8 Å². The summed E-state index contributed by atoms with van der Waals surface area (Å²) in [5, 5.41) is 2.79. The lowest BCUT2D eigenvalue weighted by atomic mass is 9.79. The Kier molecular flexibility index (Phi) is 6.57. The van der Waals surface area contributed by atoms with Crippen LogP contribution in [-0.2, 0) is 9.47 Å². The van der Waals surface area contributed by atoms with E-state index in [2.05, 4.69) is 31.2 Å². The van der Waals surface area contributed by atoms with E-state index in [9.17, 15) is 18.8 Å². The lowest BCUT2D eigenvalue weighted by Crippen LogP contribution is -2.46. The molecule has 1 aliphatic carbocycles. The molecule has 3 unspecified atom stereocenters. The highest BCUT2D eigenvalue weighted by atomic mass is 79.9. The number of rotatable bonds is 3. The molecular formula is C23H24BrFN4O5. The van der Waals surface area contributed by atoms with Gasteiger partial charge in [0.05, 0.1) is 17.9 Å².